The van der Waals surface area contributed by atoms with Gasteiger partial charge in [0.1, 0.15) is 0 Å². The lowest BCUT2D eigenvalue weighted by molar-refractivity contribution is -0.117. The van der Waals surface area contributed by atoms with Gasteiger partial charge in [0, 0.05) is 37.1 Å². The fraction of sp³-hybridized carbons (Fsp3) is 0.476. The van der Waals surface area contributed by atoms with E-state index in [1.54, 1.807) is 10.3 Å². The summed E-state index contributed by atoms with van der Waals surface area (Å²) in [7, 11) is 0. The van der Waals surface area contributed by atoms with Crippen LogP contribution in [0.3, 0.4) is 0 Å². The molecule has 1 N–H and O–H groups in total. The Morgan fingerprint density at radius 3 is 2.74 bits per heavy atom. The van der Waals surface area contributed by atoms with Crippen molar-refractivity contribution in [1.29, 1.82) is 0 Å². The molecule has 31 heavy (non-hydrogen) atoms. The Morgan fingerprint density at radius 2 is 2.00 bits per heavy atom. The van der Waals surface area contributed by atoms with Crippen LogP contribution in [0.5, 0.6) is 0 Å². The van der Waals surface area contributed by atoms with E-state index in [1.165, 1.54) is 17.4 Å². The van der Waals surface area contributed by atoms with Crippen molar-refractivity contribution in [3.8, 4) is 11.3 Å². The van der Waals surface area contributed by atoms with Crippen molar-refractivity contribution in [3.05, 3.63) is 35.2 Å². The Hall–Kier alpha value is -2.59. The summed E-state index contributed by atoms with van der Waals surface area (Å²) in [6.07, 6.45) is 0.439. The zero-order chi connectivity index (χ0) is 22.4. The number of hydrogen-bond acceptors (Lipinski definition) is 6. The molecule has 2 amide bonds. The predicted molar refractivity (Wildman–Crippen MR) is 115 cm³/mol. The van der Waals surface area contributed by atoms with E-state index in [0.29, 0.717) is 49.2 Å². The minimum atomic E-state index is -0.945. The summed E-state index contributed by atoms with van der Waals surface area (Å²) < 4.78 is 31.8. The Balaban J connectivity index is 1.49. The van der Waals surface area contributed by atoms with Crippen molar-refractivity contribution in [3.63, 3.8) is 0 Å². The van der Waals surface area contributed by atoms with Gasteiger partial charge in [-0.2, -0.15) is 0 Å². The Bertz CT molecular complexity index is 922. The van der Waals surface area contributed by atoms with Crippen LogP contribution in [-0.4, -0.2) is 66.1 Å². The maximum absolute atomic E-state index is 13.4. The van der Waals surface area contributed by atoms with Crippen molar-refractivity contribution in [2.24, 2.45) is 5.92 Å². The van der Waals surface area contributed by atoms with E-state index < -0.39 is 11.6 Å². The SMILES string of the molecule is CC(C)COC(=O)N1CCCN(CC(=O)Nc2nc(-c3ccc(F)c(F)c3)cs2)CC1. The summed E-state index contributed by atoms with van der Waals surface area (Å²) in [6.45, 7) is 6.90. The van der Waals surface area contributed by atoms with Crippen LogP contribution in [0, 0.1) is 17.6 Å². The molecular weight excluding hydrogens is 426 g/mol. The first-order valence-electron chi connectivity index (χ1n) is 10.2. The zero-order valence-corrected chi connectivity index (χ0v) is 18.4. The van der Waals surface area contributed by atoms with Gasteiger partial charge in [-0.05, 0) is 30.5 Å². The maximum Gasteiger partial charge on any atom is 0.409 e. The molecule has 0 atom stereocenters. The van der Waals surface area contributed by atoms with E-state index in [2.05, 4.69) is 10.3 Å². The molecule has 1 fully saturated rings. The van der Waals surface area contributed by atoms with Gasteiger partial charge < -0.3 is 15.0 Å². The number of carbonyl (C=O) groups excluding carboxylic acids is 2. The van der Waals surface area contributed by atoms with E-state index >= 15 is 0 Å². The van der Waals surface area contributed by atoms with Crippen LogP contribution in [-0.2, 0) is 9.53 Å². The molecule has 0 spiro atoms. The standard InChI is InChI=1S/C21H26F2N4O3S/c1-14(2)12-30-21(29)27-7-3-6-26(8-9-27)11-19(28)25-20-24-18(13-31-20)15-4-5-16(22)17(23)10-15/h4-5,10,13-14H,3,6-9,11-12H2,1-2H3,(H,24,25,28). The lowest BCUT2D eigenvalue weighted by Crippen LogP contribution is -2.38. The lowest BCUT2D eigenvalue weighted by atomic mass is 10.2. The Kier molecular flexibility index (Phi) is 7.91. The van der Waals surface area contributed by atoms with Crippen molar-refractivity contribution in [1.82, 2.24) is 14.8 Å². The highest BCUT2D eigenvalue weighted by molar-refractivity contribution is 7.14. The van der Waals surface area contributed by atoms with Crippen LogP contribution < -0.4 is 5.32 Å². The number of carbonyl (C=O) groups is 2. The molecule has 1 aliphatic rings. The predicted octanol–water partition coefficient (Wildman–Crippen LogP) is 3.83. The molecule has 1 aliphatic heterocycles. The zero-order valence-electron chi connectivity index (χ0n) is 17.6. The van der Waals surface area contributed by atoms with Gasteiger partial charge in [0.15, 0.2) is 16.8 Å². The Morgan fingerprint density at radius 1 is 1.19 bits per heavy atom. The minimum Gasteiger partial charge on any atom is -0.449 e. The van der Waals surface area contributed by atoms with Crippen LogP contribution in [0.2, 0.25) is 0 Å². The van der Waals surface area contributed by atoms with Gasteiger partial charge in [0.25, 0.3) is 0 Å². The van der Waals surface area contributed by atoms with Crippen LogP contribution in [0.15, 0.2) is 23.6 Å². The number of halogens is 2. The number of thiazole rings is 1. The second-order valence-electron chi connectivity index (χ2n) is 7.80. The number of benzene rings is 1. The highest BCUT2D eigenvalue weighted by Crippen LogP contribution is 2.26. The monoisotopic (exact) mass is 452 g/mol. The van der Waals surface area contributed by atoms with Crippen molar-refractivity contribution in [2.45, 2.75) is 20.3 Å². The van der Waals surface area contributed by atoms with Crippen LogP contribution in [0.4, 0.5) is 18.7 Å². The first-order chi connectivity index (χ1) is 14.8. The van der Waals surface area contributed by atoms with Crippen molar-refractivity contribution in [2.75, 3.05) is 44.6 Å². The molecule has 0 unspecified atom stereocenters. The third kappa shape index (κ3) is 6.70. The van der Waals surface area contributed by atoms with Gasteiger partial charge in [-0.25, -0.2) is 18.6 Å². The van der Waals surface area contributed by atoms with E-state index in [9.17, 15) is 18.4 Å². The highest BCUT2D eigenvalue weighted by Gasteiger charge is 2.22. The molecule has 0 bridgehead atoms. The number of nitrogens with one attached hydrogen (secondary N) is 1. The van der Waals surface area contributed by atoms with Crippen LogP contribution in [0.1, 0.15) is 20.3 Å². The van der Waals surface area contributed by atoms with Crippen LogP contribution >= 0.6 is 11.3 Å². The molecule has 7 nitrogen and oxygen atoms in total. The quantitative estimate of drug-likeness (QED) is 0.721. The van der Waals surface area contributed by atoms with E-state index in [4.69, 9.17) is 4.74 Å². The van der Waals surface area contributed by atoms with Gasteiger partial charge in [-0.3, -0.25) is 9.69 Å². The molecule has 0 aliphatic carbocycles. The normalized spacial score (nSPS) is 15.1. The summed E-state index contributed by atoms with van der Waals surface area (Å²) in [5.41, 5.74) is 0.900. The second-order valence-corrected chi connectivity index (χ2v) is 8.66. The summed E-state index contributed by atoms with van der Waals surface area (Å²) in [5, 5.41) is 4.81. The van der Waals surface area contributed by atoms with Crippen molar-refractivity contribution >= 4 is 28.5 Å². The maximum atomic E-state index is 13.4. The Labute approximate surface area is 184 Å². The molecule has 3 rings (SSSR count). The summed E-state index contributed by atoms with van der Waals surface area (Å²) in [5.74, 6) is -1.80. The van der Waals surface area contributed by atoms with E-state index in [-0.39, 0.29) is 24.5 Å². The average Bonchev–Trinajstić information content (AvgIpc) is 3.05. The van der Waals surface area contributed by atoms with Gasteiger partial charge in [-0.15, -0.1) is 11.3 Å². The number of anilines is 1. The van der Waals surface area contributed by atoms with Crippen LogP contribution in [0.25, 0.3) is 11.3 Å². The van der Waals surface area contributed by atoms with Gasteiger partial charge in [0.05, 0.1) is 18.8 Å². The van der Waals surface area contributed by atoms with Gasteiger partial charge in [-0.1, -0.05) is 13.8 Å². The van der Waals surface area contributed by atoms with Crippen molar-refractivity contribution < 1.29 is 23.1 Å². The second kappa shape index (κ2) is 10.6. The lowest BCUT2D eigenvalue weighted by Gasteiger charge is -2.21. The summed E-state index contributed by atoms with van der Waals surface area (Å²) in [4.78, 5) is 32.5. The molecule has 1 saturated heterocycles. The first-order valence-corrected chi connectivity index (χ1v) is 11.0. The van der Waals surface area contributed by atoms with Gasteiger partial charge in [0.2, 0.25) is 5.91 Å². The number of ether oxygens (including phenoxy) is 1. The number of nitrogens with zero attached hydrogens (tertiary/aromatic N) is 3. The average molecular weight is 453 g/mol. The largest absolute Gasteiger partial charge is 0.449 e. The fourth-order valence-corrected chi connectivity index (χ4v) is 3.86. The van der Waals surface area contributed by atoms with E-state index in [1.807, 2.05) is 18.7 Å². The number of rotatable bonds is 6. The molecule has 0 saturated carbocycles. The summed E-state index contributed by atoms with van der Waals surface area (Å²) >= 11 is 1.21. The number of hydrogen-bond donors (Lipinski definition) is 1. The topological polar surface area (TPSA) is 74.8 Å². The summed E-state index contributed by atoms with van der Waals surface area (Å²) in [6, 6.07) is 3.56. The van der Waals surface area contributed by atoms with E-state index in [0.717, 1.165) is 18.6 Å². The smallest absolute Gasteiger partial charge is 0.409 e. The molecule has 1 aromatic heterocycles. The third-order valence-electron chi connectivity index (χ3n) is 4.72. The molecule has 1 aromatic carbocycles. The minimum absolute atomic E-state index is 0.176. The first kappa shape index (κ1) is 23.1. The molecule has 0 radical (unpaired) electrons. The molecule has 2 heterocycles. The number of amides is 2. The molecule has 10 heteroatoms. The highest BCUT2D eigenvalue weighted by atomic mass is 32.1. The van der Waals surface area contributed by atoms with Gasteiger partial charge >= 0.3 is 6.09 Å². The third-order valence-corrected chi connectivity index (χ3v) is 5.48. The molecule has 168 valence electrons. The molecular formula is C21H26F2N4O3S. The molecule has 2 aromatic rings. The fourth-order valence-electron chi connectivity index (χ4n) is 3.12. The number of aromatic nitrogens is 1.